The first kappa shape index (κ1) is 15.5. The number of fused-ring (bicyclic) bond motifs is 1. The van der Waals surface area contributed by atoms with Crippen LogP contribution in [0.15, 0.2) is 34.8 Å². The van der Waals surface area contributed by atoms with Crippen LogP contribution in [0, 0.1) is 0 Å². The van der Waals surface area contributed by atoms with E-state index < -0.39 is 0 Å². The Kier molecular flexibility index (Phi) is 4.47. The molecule has 1 aliphatic rings. The van der Waals surface area contributed by atoms with E-state index in [1.54, 1.807) is 30.3 Å². The summed E-state index contributed by atoms with van der Waals surface area (Å²) >= 11 is 15.2. The van der Waals surface area contributed by atoms with Crippen molar-refractivity contribution >= 4 is 50.7 Å². The van der Waals surface area contributed by atoms with Crippen LogP contribution in [0.25, 0.3) is 0 Å². The van der Waals surface area contributed by atoms with Crippen molar-refractivity contribution in [2.75, 3.05) is 18.5 Å². The Labute approximate surface area is 145 Å². The highest BCUT2D eigenvalue weighted by molar-refractivity contribution is 9.10. The second-order valence-corrected chi connectivity index (χ2v) is 6.32. The number of halogens is 3. The molecule has 0 bridgehead atoms. The van der Waals surface area contributed by atoms with E-state index in [4.69, 9.17) is 32.7 Å². The van der Waals surface area contributed by atoms with Crippen molar-refractivity contribution in [2.45, 2.75) is 0 Å². The van der Waals surface area contributed by atoms with Crippen LogP contribution in [0.1, 0.15) is 10.4 Å². The average molecular weight is 403 g/mol. The number of rotatable bonds is 2. The van der Waals surface area contributed by atoms with E-state index in [9.17, 15) is 4.79 Å². The largest absolute Gasteiger partial charge is 0.486 e. The van der Waals surface area contributed by atoms with Crippen LogP contribution in [-0.4, -0.2) is 19.1 Å². The third kappa shape index (κ3) is 3.32. The van der Waals surface area contributed by atoms with Gasteiger partial charge < -0.3 is 14.8 Å². The van der Waals surface area contributed by atoms with E-state index in [0.717, 1.165) is 0 Å². The van der Waals surface area contributed by atoms with Crippen LogP contribution in [0.5, 0.6) is 11.5 Å². The molecular weight excluding hydrogens is 393 g/mol. The van der Waals surface area contributed by atoms with Gasteiger partial charge in [0.2, 0.25) is 0 Å². The minimum absolute atomic E-state index is 0.318. The third-order valence-corrected chi connectivity index (χ3v) is 4.10. The molecule has 7 heteroatoms. The summed E-state index contributed by atoms with van der Waals surface area (Å²) in [4.78, 5) is 12.3. The first-order chi connectivity index (χ1) is 10.5. The van der Waals surface area contributed by atoms with E-state index in [1.165, 1.54) is 0 Å². The van der Waals surface area contributed by atoms with Gasteiger partial charge in [0.05, 0.1) is 5.69 Å². The molecule has 1 amide bonds. The lowest BCUT2D eigenvalue weighted by molar-refractivity contribution is 0.102. The van der Waals surface area contributed by atoms with E-state index >= 15 is 0 Å². The number of ether oxygens (including phenoxy) is 2. The molecule has 0 aliphatic carbocycles. The minimum atomic E-state index is -0.318. The average Bonchev–Trinajstić information content (AvgIpc) is 2.47. The lowest BCUT2D eigenvalue weighted by atomic mass is 10.2. The lowest BCUT2D eigenvalue weighted by Gasteiger charge is -2.20. The van der Waals surface area contributed by atoms with E-state index in [2.05, 4.69) is 21.2 Å². The molecule has 1 N–H and O–H groups in total. The highest BCUT2D eigenvalue weighted by Crippen LogP contribution is 2.38. The number of hydrogen-bond acceptors (Lipinski definition) is 3. The first-order valence-electron chi connectivity index (χ1n) is 6.39. The molecule has 1 heterocycles. The summed E-state index contributed by atoms with van der Waals surface area (Å²) in [6.45, 7) is 0.984. The molecule has 4 nitrogen and oxygen atoms in total. The van der Waals surface area contributed by atoms with E-state index in [1.807, 2.05) is 0 Å². The van der Waals surface area contributed by atoms with Gasteiger partial charge in [0, 0.05) is 32.2 Å². The van der Waals surface area contributed by atoms with Gasteiger partial charge in [-0.1, -0.05) is 23.2 Å². The molecule has 0 spiro atoms. The number of hydrogen-bond donors (Lipinski definition) is 1. The molecule has 114 valence electrons. The fraction of sp³-hybridized carbons (Fsp3) is 0.133. The van der Waals surface area contributed by atoms with E-state index in [-0.39, 0.29) is 5.91 Å². The Morgan fingerprint density at radius 3 is 2.23 bits per heavy atom. The normalized spacial score (nSPS) is 12.9. The molecular formula is C15H10BrCl2NO3. The number of carbonyl (C=O) groups excluding carboxylic acids is 1. The molecule has 0 unspecified atom stereocenters. The summed E-state index contributed by atoms with van der Waals surface area (Å²) in [6.07, 6.45) is 0. The molecule has 2 aromatic rings. The second kappa shape index (κ2) is 6.36. The SMILES string of the molecule is O=C(Nc1cc2c(cc1Br)OCCO2)c1cc(Cl)cc(Cl)c1. The summed E-state index contributed by atoms with van der Waals surface area (Å²) in [6, 6.07) is 8.14. The molecule has 0 atom stereocenters. The Hall–Kier alpha value is -1.43. The van der Waals surface area contributed by atoms with Crippen LogP contribution in [0.3, 0.4) is 0 Å². The molecule has 3 rings (SSSR count). The maximum atomic E-state index is 12.3. The van der Waals surface area contributed by atoms with Gasteiger partial charge >= 0.3 is 0 Å². The monoisotopic (exact) mass is 401 g/mol. The summed E-state index contributed by atoms with van der Waals surface area (Å²) in [7, 11) is 0. The number of benzene rings is 2. The van der Waals surface area contributed by atoms with Gasteiger partial charge in [0.15, 0.2) is 11.5 Å². The lowest BCUT2D eigenvalue weighted by Crippen LogP contribution is -2.17. The Balaban J connectivity index is 1.87. The molecule has 2 aromatic carbocycles. The van der Waals surface area contributed by atoms with Crippen LogP contribution >= 0.6 is 39.1 Å². The fourth-order valence-electron chi connectivity index (χ4n) is 2.04. The number of anilines is 1. The zero-order valence-electron chi connectivity index (χ0n) is 11.2. The number of carbonyl (C=O) groups is 1. The Morgan fingerprint density at radius 2 is 1.59 bits per heavy atom. The summed E-state index contributed by atoms with van der Waals surface area (Å²) < 4.78 is 11.7. The van der Waals surface area contributed by atoms with Crippen LogP contribution in [0.4, 0.5) is 5.69 Å². The standard InChI is InChI=1S/C15H10BrCl2NO3/c16-11-6-13-14(22-2-1-21-13)7-12(11)19-15(20)8-3-9(17)5-10(18)4-8/h3-7H,1-2H2,(H,19,20). The molecule has 0 saturated carbocycles. The van der Waals surface area contributed by atoms with Crippen molar-refractivity contribution in [3.05, 3.63) is 50.4 Å². The summed E-state index contributed by atoms with van der Waals surface area (Å²) in [5.41, 5.74) is 0.949. The molecule has 0 aromatic heterocycles. The zero-order chi connectivity index (χ0) is 15.7. The fourth-order valence-corrected chi connectivity index (χ4v) is 2.99. The summed E-state index contributed by atoms with van der Waals surface area (Å²) in [5, 5.41) is 3.60. The zero-order valence-corrected chi connectivity index (χ0v) is 14.3. The van der Waals surface area contributed by atoms with Crippen molar-refractivity contribution in [3.8, 4) is 11.5 Å². The predicted molar refractivity (Wildman–Crippen MR) is 89.5 cm³/mol. The third-order valence-electron chi connectivity index (χ3n) is 3.00. The van der Waals surface area contributed by atoms with Crippen molar-refractivity contribution in [1.29, 1.82) is 0 Å². The highest BCUT2D eigenvalue weighted by atomic mass is 79.9. The molecule has 0 fully saturated rings. The van der Waals surface area contributed by atoms with Gasteiger partial charge in [0.1, 0.15) is 13.2 Å². The van der Waals surface area contributed by atoms with Crippen LogP contribution in [-0.2, 0) is 0 Å². The maximum Gasteiger partial charge on any atom is 0.255 e. The maximum absolute atomic E-state index is 12.3. The van der Waals surface area contributed by atoms with E-state index in [0.29, 0.717) is 50.5 Å². The molecule has 0 saturated heterocycles. The summed E-state index contributed by atoms with van der Waals surface area (Å²) in [5.74, 6) is 0.914. The Bertz CT molecular complexity index is 732. The number of amides is 1. The van der Waals surface area contributed by atoms with Crippen molar-refractivity contribution in [3.63, 3.8) is 0 Å². The molecule has 1 aliphatic heterocycles. The second-order valence-electron chi connectivity index (χ2n) is 4.59. The predicted octanol–water partition coefficient (Wildman–Crippen LogP) is 4.78. The molecule has 0 radical (unpaired) electrons. The molecule has 22 heavy (non-hydrogen) atoms. The number of nitrogens with one attached hydrogen (secondary N) is 1. The van der Waals surface area contributed by atoms with Crippen molar-refractivity contribution < 1.29 is 14.3 Å². The van der Waals surface area contributed by atoms with Crippen molar-refractivity contribution in [2.24, 2.45) is 0 Å². The van der Waals surface area contributed by atoms with Crippen molar-refractivity contribution in [1.82, 2.24) is 0 Å². The van der Waals surface area contributed by atoms with Gasteiger partial charge in [0.25, 0.3) is 5.91 Å². The van der Waals surface area contributed by atoms with Gasteiger partial charge in [-0.3, -0.25) is 4.79 Å². The highest BCUT2D eigenvalue weighted by Gasteiger charge is 2.17. The Morgan fingerprint density at radius 1 is 1.00 bits per heavy atom. The van der Waals surface area contributed by atoms with Crippen LogP contribution < -0.4 is 14.8 Å². The topological polar surface area (TPSA) is 47.6 Å². The quantitative estimate of drug-likeness (QED) is 0.786. The smallest absolute Gasteiger partial charge is 0.255 e. The van der Waals surface area contributed by atoms with Gasteiger partial charge in [-0.25, -0.2) is 0 Å². The van der Waals surface area contributed by atoms with Crippen LogP contribution in [0.2, 0.25) is 10.0 Å². The minimum Gasteiger partial charge on any atom is -0.486 e. The van der Waals surface area contributed by atoms with Gasteiger partial charge in [-0.2, -0.15) is 0 Å². The van der Waals surface area contributed by atoms with Gasteiger partial charge in [-0.15, -0.1) is 0 Å². The van der Waals surface area contributed by atoms with Gasteiger partial charge in [-0.05, 0) is 34.1 Å². The first-order valence-corrected chi connectivity index (χ1v) is 7.94.